The molecule has 0 unspecified atom stereocenters. The van der Waals surface area contributed by atoms with Gasteiger partial charge in [-0.1, -0.05) is 31.2 Å². The number of benzene rings is 3. The fourth-order valence-electron chi connectivity index (χ4n) is 6.00. The van der Waals surface area contributed by atoms with E-state index in [-0.39, 0.29) is 12.2 Å². The molecule has 0 bridgehead atoms. The third-order valence-electron chi connectivity index (χ3n) is 8.30. The highest BCUT2D eigenvalue weighted by atomic mass is 32.2. The highest BCUT2D eigenvalue weighted by Gasteiger charge is 2.27. The molecular formula is C36H34N3O6S+. The van der Waals surface area contributed by atoms with Gasteiger partial charge >= 0.3 is 5.89 Å². The minimum Gasteiger partial charge on any atom is -0.472 e. The Morgan fingerprint density at radius 3 is 2.65 bits per heavy atom. The molecule has 3 aromatic heterocycles. The summed E-state index contributed by atoms with van der Waals surface area (Å²) < 4.78 is 54.7. The number of furan rings is 1. The van der Waals surface area contributed by atoms with Gasteiger partial charge in [0.15, 0.2) is 12.3 Å². The van der Waals surface area contributed by atoms with Crippen LogP contribution in [0.5, 0.6) is 5.75 Å². The first-order valence-corrected chi connectivity index (χ1v) is 16.9. The van der Waals surface area contributed by atoms with Gasteiger partial charge in [-0.15, -0.1) is 0 Å². The maximum atomic E-state index is 11.6. The molecule has 6 aromatic rings. The quantitative estimate of drug-likeness (QED) is 0.121. The number of ether oxygens (including phenoxy) is 1. The second-order valence-corrected chi connectivity index (χ2v) is 12.8. The van der Waals surface area contributed by atoms with Crippen LogP contribution in [0.4, 0.5) is 5.69 Å². The zero-order valence-corrected chi connectivity index (χ0v) is 26.4. The Morgan fingerprint density at radius 1 is 1.00 bits per heavy atom. The maximum absolute atomic E-state index is 11.6. The van der Waals surface area contributed by atoms with Gasteiger partial charge in [0.2, 0.25) is 11.5 Å². The Morgan fingerprint density at radius 2 is 1.87 bits per heavy atom. The van der Waals surface area contributed by atoms with Crippen molar-refractivity contribution in [2.75, 3.05) is 17.2 Å². The fourth-order valence-corrected chi connectivity index (χ4v) is 6.49. The molecule has 1 aliphatic heterocycles. The molecule has 7 rings (SSSR count). The smallest absolute Gasteiger partial charge is 0.374 e. The van der Waals surface area contributed by atoms with Gasteiger partial charge in [-0.3, -0.25) is 4.55 Å². The van der Waals surface area contributed by atoms with Crippen molar-refractivity contribution in [2.45, 2.75) is 33.2 Å². The maximum Gasteiger partial charge on any atom is 0.374 e. The van der Waals surface area contributed by atoms with E-state index in [1.807, 2.05) is 71.4 Å². The Balaban J connectivity index is 1.27. The van der Waals surface area contributed by atoms with Crippen molar-refractivity contribution >= 4 is 43.9 Å². The summed E-state index contributed by atoms with van der Waals surface area (Å²) in [5.74, 6) is 1.73. The van der Waals surface area contributed by atoms with Crippen LogP contribution in [0.1, 0.15) is 32.6 Å². The SMILES string of the molecule is CCC(/C=C1\Oc2ccc(-c3ccoc3)cc2N1CC)=C\c1oc2ccc(-n3ccc4ccccc43)cc2[n+]1CCCS(=O)(=O)O. The van der Waals surface area contributed by atoms with Gasteiger partial charge in [-0.2, -0.15) is 13.0 Å². The summed E-state index contributed by atoms with van der Waals surface area (Å²) in [6.45, 7) is 5.20. The summed E-state index contributed by atoms with van der Waals surface area (Å²) in [6, 6.07) is 24.3. The van der Waals surface area contributed by atoms with Crippen molar-refractivity contribution in [1.29, 1.82) is 0 Å². The molecule has 3 aromatic carbocycles. The molecule has 1 N–H and O–H groups in total. The predicted molar refractivity (Wildman–Crippen MR) is 178 cm³/mol. The first-order valence-electron chi connectivity index (χ1n) is 15.3. The molecule has 1 aliphatic rings. The van der Waals surface area contributed by atoms with Crippen molar-refractivity contribution in [1.82, 2.24) is 4.57 Å². The largest absolute Gasteiger partial charge is 0.472 e. The van der Waals surface area contributed by atoms with Crippen molar-refractivity contribution < 1.29 is 31.1 Å². The van der Waals surface area contributed by atoms with Crippen LogP contribution in [0.15, 0.2) is 118 Å². The Kier molecular flexibility index (Phi) is 7.75. The topological polar surface area (TPSA) is 102 Å². The van der Waals surface area contributed by atoms with Gasteiger partial charge in [-0.25, -0.2) is 0 Å². The number of fused-ring (bicyclic) bond motifs is 3. The van der Waals surface area contributed by atoms with Gasteiger partial charge in [0.25, 0.3) is 15.6 Å². The number of anilines is 1. The van der Waals surface area contributed by atoms with Crippen molar-refractivity contribution in [3.63, 3.8) is 0 Å². The van der Waals surface area contributed by atoms with E-state index in [0.29, 0.717) is 36.9 Å². The van der Waals surface area contributed by atoms with Crippen LogP contribution in [0.25, 0.3) is 44.9 Å². The van der Waals surface area contributed by atoms with Crippen molar-refractivity contribution in [3.8, 4) is 22.6 Å². The standard InChI is InChI=1S/C36H33N3O6S/c1-3-25(20-35-37(4-2)31-22-27(10-12-33(31)44-35)28-15-18-43-24-28)21-36-39(16-7-19-46(40,41)42)32-23-29(11-13-34(32)45-36)38-17-14-26-8-5-6-9-30(26)38/h5-6,8-15,17-18,20-24H,3-4,7,16,19H2,1-2H3/p+1. The number of hydrogen-bond donors (Lipinski definition) is 1. The number of para-hydroxylation sites is 1. The van der Waals surface area contributed by atoms with Crippen LogP contribution in [-0.2, 0) is 16.7 Å². The second-order valence-electron chi connectivity index (χ2n) is 11.2. The molecule has 0 saturated carbocycles. The fraction of sp³-hybridized carbons (Fsp3) is 0.194. The number of hydrogen-bond acceptors (Lipinski definition) is 6. The molecule has 10 heteroatoms. The van der Waals surface area contributed by atoms with Gasteiger partial charge in [0, 0.05) is 36.9 Å². The lowest BCUT2D eigenvalue weighted by Gasteiger charge is -2.16. The number of aromatic nitrogens is 2. The first-order chi connectivity index (χ1) is 22.3. The summed E-state index contributed by atoms with van der Waals surface area (Å²) in [6.07, 6.45) is 10.3. The monoisotopic (exact) mass is 636 g/mol. The minimum atomic E-state index is -4.11. The normalized spacial score (nSPS) is 14.5. The molecule has 46 heavy (non-hydrogen) atoms. The summed E-state index contributed by atoms with van der Waals surface area (Å²) in [4.78, 5) is 2.13. The van der Waals surface area contributed by atoms with Crippen LogP contribution in [0, 0.1) is 0 Å². The van der Waals surface area contributed by atoms with Crippen molar-refractivity contribution in [3.05, 3.63) is 115 Å². The van der Waals surface area contributed by atoms with Gasteiger partial charge in [-0.05, 0) is 72.3 Å². The average molecular weight is 637 g/mol. The van der Waals surface area contributed by atoms with Crippen molar-refractivity contribution in [2.24, 2.45) is 0 Å². The van der Waals surface area contributed by atoms with Gasteiger partial charge < -0.3 is 23.0 Å². The van der Waals surface area contributed by atoms with E-state index in [1.165, 1.54) is 0 Å². The predicted octanol–water partition coefficient (Wildman–Crippen LogP) is 7.76. The number of allylic oxidation sites excluding steroid dienone is 2. The van der Waals surface area contributed by atoms with Gasteiger partial charge in [0.1, 0.15) is 0 Å². The first kappa shape index (κ1) is 29.6. The Bertz CT molecular complexity index is 2220. The number of oxazole rings is 1. The highest BCUT2D eigenvalue weighted by molar-refractivity contribution is 7.85. The van der Waals surface area contributed by atoms with E-state index < -0.39 is 10.1 Å². The van der Waals surface area contributed by atoms with E-state index in [0.717, 1.165) is 50.2 Å². The van der Waals surface area contributed by atoms with E-state index in [1.54, 1.807) is 12.5 Å². The minimum absolute atomic E-state index is 0.221. The van der Waals surface area contributed by atoms with Crippen LogP contribution < -0.4 is 14.2 Å². The van der Waals surface area contributed by atoms with Crippen LogP contribution in [0.3, 0.4) is 0 Å². The average Bonchev–Trinajstić information content (AvgIpc) is 3.85. The lowest BCUT2D eigenvalue weighted by Crippen LogP contribution is -2.36. The zero-order valence-electron chi connectivity index (χ0n) is 25.6. The second kappa shape index (κ2) is 12.0. The molecule has 0 radical (unpaired) electrons. The zero-order chi connectivity index (χ0) is 31.8. The summed E-state index contributed by atoms with van der Waals surface area (Å²) in [7, 11) is -4.11. The molecular weight excluding hydrogens is 602 g/mol. The molecule has 4 heterocycles. The van der Waals surface area contributed by atoms with E-state index in [2.05, 4.69) is 47.6 Å². The van der Waals surface area contributed by atoms with Crippen LogP contribution in [-0.4, -0.2) is 29.8 Å². The third-order valence-corrected chi connectivity index (χ3v) is 9.11. The number of aryl methyl sites for hydroxylation is 1. The summed E-state index contributed by atoms with van der Waals surface area (Å²) in [5.41, 5.74) is 7.53. The Labute approximate surface area is 267 Å². The van der Waals surface area contributed by atoms with E-state index >= 15 is 0 Å². The molecule has 0 fully saturated rings. The molecule has 0 spiro atoms. The molecule has 0 amide bonds. The third kappa shape index (κ3) is 5.73. The number of rotatable bonds is 10. The molecule has 9 nitrogen and oxygen atoms in total. The highest BCUT2D eigenvalue weighted by Crippen LogP contribution is 2.42. The molecule has 0 aliphatic carbocycles. The Hall–Kier alpha value is -5.06. The van der Waals surface area contributed by atoms with Gasteiger partial charge in [0.05, 0.1) is 41.2 Å². The van der Waals surface area contributed by atoms with Crippen LogP contribution in [0.2, 0.25) is 0 Å². The molecule has 0 atom stereocenters. The van der Waals surface area contributed by atoms with Crippen LogP contribution >= 0.6 is 0 Å². The lowest BCUT2D eigenvalue weighted by atomic mass is 10.1. The molecule has 234 valence electrons. The summed E-state index contributed by atoms with van der Waals surface area (Å²) in [5, 5.41) is 1.13. The lowest BCUT2D eigenvalue weighted by molar-refractivity contribution is -0.677. The van der Waals surface area contributed by atoms with E-state index in [9.17, 15) is 13.0 Å². The number of nitrogens with zero attached hydrogens (tertiary/aromatic N) is 3. The van der Waals surface area contributed by atoms with E-state index in [4.69, 9.17) is 13.6 Å². The molecule has 0 saturated heterocycles. The summed E-state index contributed by atoms with van der Waals surface area (Å²) >= 11 is 0.